The van der Waals surface area contributed by atoms with Crippen molar-refractivity contribution in [3.63, 3.8) is 0 Å². The molecule has 0 bridgehead atoms. The summed E-state index contributed by atoms with van der Waals surface area (Å²) in [6.45, 7) is 0. The molecule has 0 atom stereocenters. The molecule has 0 spiro atoms. The largest absolute Gasteiger partial charge is 0.313 e. The highest BCUT2D eigenvalue weighted by Gasteiger charge is 2.21. The highest BCUT2D eigenvalue weighted by molar-refractivity contribution is 7.28. The van der Waals surface area contributed by atoms with Crippen LogP contribution in [-0.2, 0) is 6.42 Å². The molecular formula is C53H33N3S2. The van der Waals surface area contributed by atoms with E-state index in [4.69, 9.17) is 4.98 Å². The van der Waals surface area contributed by atoms with Crippen molar-refractivity contribution in [1.82, 2.24) is 14.1 Å². The number of rotatable bonds is 4. The topological polar surface area (TPSA) is 22.8 Å². The third-order valence-electron chi connectivity index (χ3n) is 12.2. The minimum absolute atomic E-state index is 0.994. The van der Waals surface area contributed by atoms with Crippen molar-refractivity contribution in [3.8, 4) is 33.1 Å². The van der Waals surface area contributed by atoms with Gasteiger partial charge in [0.2, 0.25) is 0 Å². The lowest BCUT2D eigenvalue weighted by Gasteiger charge is -2.13. The maximum absolute atomic E-state index is 5.37. The minimum Gasteiger partial charge on any atom is -0.313 e. The maximum Gasteiger partial charge on any atom is 0.195 e. The molecule has 0 unspecified atom stereocenters. The molecule has 4 heterocycles. The van der Waals surface area contributed by atoms with Crippen molar-refractivity contribution in [2.45, 2.75) is 12.8 Å². The molecule has 0 fully saturated rings. The highest BCUT2D eigenvalue weighted by Crippen LogP contribution is 2.45. The van der Waals surface area contributed by atoms with Crippen molar-refractivity contribution in [3.05, 3.63) is 181 Å². The van der Waals surface area contributed by atoms with Crippen molar-refractivity contribution in [2.75, 3.05) is 0 Å². The zero-order valence-corrected chi connectivity index (χ0v) is 32.9. The van der Waals surface area contributed by atoms with Gasteiger partial charge in [-0.1, -0.05) is 114 Å². The molecule has 58 heavy (non-hydrogen) atoms. The van der Waals surface area contributed by atoms with E-state index in [1.54, 1.807) is 11.3 Å². The Bertz CT molecular complexity index is 3690. The van der Waals surface area contributed by atoms with Crippen LogP contribution in [0.15, 0.2) is 170 Å². The number of thiophene rings is 1. The second kappa shape index (κ2) is 12.4. The molecule has 0 amide bonds. The van der Waals surface area contributed by atoms with E-state index in [1.807, 2.05) is 11.3 Å². The highest BCUT2D eigenvalue weighted by atomic mass is 32.1. The lowest BCUT2D eigenvalue weighted by Crippen LogP contribution is -2.02. The summed E-state index contributed by atoms with van der Waals surface area (Å²) < 4.78 is 8.68. The molecule has 8 aromatic carbocycles. The Labute approximate surface area is 342 Å². The van der Waals surface area contributed by atoms with Crippen LogP contribution < -0.4 is 0 Å². The quantitative estimate of drug-likeness (QED) is 0.175. The summed E-state index contributed by atoms with van der Waals surface area (Å²) in [5.74, 6) is 0. The van der Waals surface area contributed by atoms with E-state index >= 15 is 0 Å². The third-order valence-corrected chi connectivity index (χ3v) is 14.4. The predicted octanol–water partition coefficient (Wildman–Crippen LogP) is 15.2. The van der Waals surface area contributed by atoms with E-state index in [2.05, 4.69) is 185 Å². The second-order valence-electron chi connectivity index (χ2n) is 15.4. The van der Waals surface area contributed by atoms with Gasteiger partial charge in [0, 0.05) is 53.3 Å². The average Bonchev–Trinajstić information content (AvgIpc) is 4.05. The lowest BCUT2D eigenvalue weighted by atomic mass is 9.98. The van der Waals surface area contributed by atoms with Crippen LogP contribution in [0.5, 0.6) is 0 Å². The zero-order chi connectivity index (χ0) is 37.9. The fraction of sp³-hybridized carbons (Fsp3) is 0.0377. The van der Waals surface area contributed by atoms with Crippen LogP contribution in [0.2, 0.25) is 0 Å². The van der Waals surface area contributed by atoms with E-state index in [0.29, 0.717) is 0 Å². The van der Waals surface area contributed by atoms with Gasteiger partial charge in [0.25, 0.3) is 0 Å². The van der Waals surface area contributed by atoms with Crippen LogP contribution >= 0.6 is 22.7 Å². The first kappa shape index (κ1) is 32.3. The summed E-state index contributed by atoms with van der Waals surface area (Å²) in [7, 11) is 0. The molecule has 3 nitrogen and oxygen atoms in total. The molecule has 0 saturated carbocycles. The SMILES string of the molecule is C1=Cc2c(n(-c3ccccc3)c3ccc(-c4ccc5c(c4)c4ccccc4n5-c4nc5ccc6sc7ccc(-c8ccc9ccccc9c8)cc7c6c5s4)cc23)CC1. The van der Waals surface area contributed by atoms with E-state index in [-0.39, 0.29) is 0 Å². The molecule has 0 saturated heterocycles. The van der Waals surface area contributed by atoms with Gasteiger partial charge in [-0.3, -0.25) is 4.57 Å². The van der Waals surface area contributed by atoms with Gasteiger partial charge in [0.1, 0.15) is 0 Å². The van der Waals surface area contributed by atoms with Gasteiger partial charge in [0.05, 0.1) is 26.8 Å². The Morgan fingerprint density at radius 3 is 2.03 bits per heavy atom. The Morgan fingerprint density at radius 1 is 0.483 bits per heavy atom. The first-order valence-corrected chi connectivity index (χ1v) is 21.6. The van der Waals surface area contributed by atoms with Gasteiger partial charge >= 0.3 is 0 Å². The maximum atomic E-state index is 5.37. The zero-order valence-electron chi connectivity index (χ0n) is 31.3. The molecule has 13 rings (SSSR count). The number of allylic oxidation sites excluding steroid dienone is 1. The van der Waals surface area contributed by atoms with Gasteiger partial charge in [-0.05, 0) is 119 Å². The molecule has 1 aliphatic rings. The fourth-order valence-corrected chi connectivity index (χ4v) is 11.8. The van der Waals surface area contributed by atoms with Gasteiger partial charge in [-0.25, -0.2) is 4.98 Å². The van der Waals surface area contributed by atoms with Crippen LogP contribution in [0.3, 0.4) is 0 Å². The molecule has 12 aromatic rings. The monoisotopic (exact) mass is 775 g/mol. The standard InChI is InChI=1S/C53H33N3S2/c1-2-12-38(13-3-1)55-45-16-8-6-14-39(45)41-29-35(20-24-47(41)55)36-21-25-48-42(30-36)40-15-7-9-17-46(40)56(48)53-54-44-23-27-50-51(52(44)58-53)43-31-37(22-26-49(43)57-50)34-19-18-32-10-4-5-11-33(32)28-34/h1-7,9-15,17-31H,8,16H2. The smallest absolute Gasteiger partial charge is 0.195 e. The van der Waals surface area contributed by atoms with Crippen LogP contribution in [0.4, 0.5) is 0 Å². The average molecular weight is 776 g/mol. The normalized spacial score (nSPS) is 13.0. The summed E-state index contributed by atoms with van der Waals surface area (Å²) in [5, 5.41) is 9.91. The third kappa shape index (κ3) is 4.75. The first-order chi connectivity index (χ1) is 28.7. The van der Waals surface area contributed by atoms with Crippen molar-refractivity contribution >= 4 is 103 Å². The molecule has 0 radical (unpaired) electrons. The van der Waals surface area contributed by atoms with E-state index in [1.165, 1.54) is 108 Å². The van der Waals surface area contributed by atoms with E-state index in [9.17, 15) is 0 Å². The first-order valence-electron chi connectivity index (χ1n) is 19.9. The van der Waals surface area contributed by atoms with Gasteiger partial charge < -0.3 is 4.57 Å². The Balaban J connectivity index is 0.959. The predicted molar refractivity (Wildman–Crippen MR) is 249 cm³/mol. The van der Waals surface area contributed by atoms with Crippen LogP contribution in [-0.4, -0.2) is 14.1 Å². The van der Waals surface area contributed by atoms with E-state index in [0.717, 1.165) is 23.5 Å². The molecular weight excluding hydrogens is 743 g/mol. The summed E-state index contributed by atoms with van der Waals surface area (Å²) in [6, 6.07) is 60.4. The number of aromatic nitrogens is 3. The van der Waals surface area contributed by atoms with Crippen molar-refractivity contribution < 1.29 is 0 Å². The van der Waals surface area contributed by atoms with Crippen LogP contribution in [0, 0.1) is 0 Å². The lowest BCUT2D eigenvalue weighted by molar-refractivity contribution is 0.888. The number of hydrogen-bond acceptors (Lipinski definition) is 3. The van der Waals surface area contributed by atoms with E-state index < -0.39 is 0 Å². The number of nitrogens with zero attached hydrogens (tertiary/aromatic N) is 3. The van der Waals surface area contributed by atoms with Crippen molar-refractivity contribution in [2.24, 2.45) is 0 Å². The summed E-state index contributed by atoms with van der Waals surface area (Å²) in [5.41, 5.74) is 13.5. The molecule has 5 heteroatoms. The van der Waals surface area contributed by atoms with Crippen molar-refractivity contribution in [1.29, 1.82) is 0 Å². The summed E-state index contributed by atoms with van der Waals surface area (Å²) >= 11 is 3.67. The summed E-state index contributed by atoms with van der Waals surface area (Å²) in [4.78, 5) is 5.37. The van der Waals surface area contributed by atoms with Crippen LogP contribution in [0.1, 0.15) is 17.7 Å². The molecule has 0 N–H and O–H groups in total. The number of fused-ring (bicyclic) bond motifs is 12. The molecule has 4 aromatic heterocycles. The van der Waals surface area contributed by atoms with Gasteiger partial charge in [-0.2, -0.15) is 0 Å². The van der Waals surface area contributed by atoms with Gasteiger partial charge in [0.15, 0.2) is 5.13 Å². The second-order valence-corrected chi connectivity index (χ2v) is 17.5. The van der Waals surface area contributed by atoms with Crippen LogP contribution in [0.25, 0.3) is 113 Å². The number of thiazole rings is 1. The Kier molecular flexibility index (Phi) is 6.88. The minimum atomic E-state index is 0.994. The fourth-order valence-electron chi connectivity index (χ4n) is 9.51. The summed E-state index contributed by atoms with van der Waals surface area (Å²) in [6.07, 6.45) is 6.76. The molecule has 272 valence electrons. The number of benzene rings is 8. The molecule has 1 aliphatic carbocycles. The Morgan fingerprint density at radius 2 is 1.16 bits per heavy atom. The van der Waals surface area contributed by atoms with Gasteiger partial charge in [-0.15, -0.1) is 11.3 Å². The molecule has 0 aliphatic heterocycles. The number of hydrogen-bond donors (Lipinski definition) is 0. The Hall–Kier alpha value is -6.79. The number of para-hydroxylation sites is 2.